The number of carboxylic acid groups (broad SMARTS) is 1. The van der Waals surface area contributed by atoms with Gasteiger partial charge in [0.1, 0.15) is 0 Å². The Bertz CT molecular complexity index is 596. The largest absolute Gasteiger partial charge is 0.475 e. The van der Waals surface area contributed by atoms with E-state index in [4.69, 9.17) is 5.11 Å². The first-order chi connectivity index (χ1) is 7.50. The van der Waals surface area contributed by atoms with Crippen LogP contribution in [-0.4, -0.2) is 16.9 Å². The summed E-state index contributed by atoms with van der Waals surface area (Å²) in [5.74, 6) is -2.27. The predicted octanol–water partition coefficient (Wildman–Crippen LogP) is 2.79. The van der Waals surface area contributed by atoms with Gasteiger partial charge in [-0.25, -0.2) is 4.79 Å². The van der Waals surface area contributed by atoms with Crippen LogP contribution in [0, 0.1) is 13.8 Å². The van der Waals surface area contributed by atoms with E-state index in [1.54, 1.807) is 23.5 Å². The lowest BCUT2D eigenvalue weighted by molar-refractivity contribution is -0.131. The second-order valence-corrected chi connectivity index (χ2v) is 4.88. The van der Waals surface area contributed by atoms with Crippen molar-refractivity contribution in [2.45, 2.75) is 13.8 Å². The Hall–Kier alpha value is -1.68. The molecule has 0 radical (unpaired) electrons. The van der Waals surface area contributed by atoms with Crippen molar-refractivity contribution in [3.05, 3.63) is 34.2 Å². The summed E-state index contributed by atoms with van der Waals surface area (Å²) in [5, 5.41) is 9.71. The highest BCUT2D eigenvalue weighted by Crippen LogP contribution is 2.30. The van der Waals surface area contributed by atoms with Crippen molar-refractivity contribution in [3.8, 4) is 0 Å². The summed E-state index contributed by atoms with van der Waals surface area (Å²) in [5.41, 5.74) is 1.43. The molecule has 3 nitrogen and oxygen atoms in total. The van der Waals surface area contributed by atoms with Gasteiger partial charge in [-0.3, -0.25) is 4.79 Å². The lowest BCUT2D eigenvalue weighted by Gasteiger charge is -1.96. The molecule has 0 amide bonds. The van der Waals surface area contributed by atoms with Crippen LogP contribution in [0.3, 0.4) is 0 Å². The lowest BCUT2D eigenvalue weighted by Crippen LogP contribution is -2.12. The second kappa shape index (κ2) is 3.72. The fourth-order valence-corrected chi connectivity index (χ4v) is 2.72. The Kier molecular flexibility index (Phi) is 2.52. The molecule has 0 spiro atoms. The van der Waals surface area contributed by atoms with Crippen LogP contribution in [0.25, 0.3) is 10.1 Å². The van der Waals surface area contributed by atoms with E-state index in [1.807, 2.05) is 19.9 Å². The normalized spacial score (nSPS) is 10.6. The quantitative estimate of drug-likeness (QED) is 0.642. The zero-order valence-corrected chi connectivity index (χ0v) is 9.72. The highest BCUT2D eigenvalue weighted by atomic mass is 32.1. The van der Waals surface area contributed by atoms with E-state index < -0.39 is 11.8 Å². The first-order valence-electron chi connectivity index (χ1n) is 4.78. The maximum atomic E-state index is 11.3. The molecule has 1 aromatic heterocycles. The minimum absolute atomic E-state index is 0.237. The molecule has 0 aliphatic rings. The van der Waals surface area contributed by atoms with Crippen molar-refractivity contribution in [2.75, 3.05) is 0 Å². The summed E-state index contributed by atoms with van der Waals surface area (Å²) in [6, 6.07) is 5.03. The molecule has 0 saturated carbocycles. The van der Waals surface area contributed by atoms with Gasteiger partial charge in [0.15, 0.2) is 0 Å². The molecule has 16 heavy (non-hydrogen) atoms. The highest BCUT2D eigenvalue weighted by molar-refractivity contribution is 7.19. The number of aryl methyl sites for hydroxylation is 2. The monoisotopic (exact) mass is 234 g/mol. The number of rotatable bonds is 2. The molecule has 82 valence electrons. The van der Waals surface area contributed by atoms with Crippen LogP contribution in [0.15, 0.2) is 18.2 Å². The SMILES string of the molecule is Cc1sc2cc(C(=O)C(=O)O)ccc2c1C. The number of aliphatic carboxylic acids is 1. The van der Waals surface area contributed by atoms with Crippen molar-refractivity contribution in [1.29, 1.82) is 0 Å². The Labute approximate surface area is 96.3 Å². The molecule has 2 rings (SSSR count). The van der Waals surface area contributed by atoms with Crippen LogP contribution >= 0.6 is 11.3 Å². The Balaban J connectivity index is 2.61. The third kappa shape index (κ3) is 1.61. The number of carboxylic acids is 1. The highest BCUT2D eigenvalue weighted by Gasteiger charge is 2.15. The van der Waals surface area contributed by atoms with Crippen LogP contribution < -0.4 is 0 Å². The fraction of sp³-hybridized carbons (Fsp3) is 0.167. The average molecular weight is 234 g/mol. The van der Waals surface area contributed by atoms with E-state index in [9.17, 15) is 9.59 Å². The van der Waals surface area contributed by atoms with E-state index in [2.05, 4.69) is 0 Å². The van der Waals surface area contributed by atoms with Gasteiger partial charge in [-0.15, -0.1) is 11.3 Å². The fourth-order valence-electron chi connectivity index (χ4n) is 1.61. The molecule has 1 N–H and O–H groups in total. The van der Waals surface area contributed by atoms with Gasteiger partial charge in [0, 0.05) is 15.1 Å². The summed E-state index contributed by atoms with van der Waals surface area (Å²) in [6.07, 6.45) is 0. The van der Waals surface area contributed by atoms with Crippen molar-refractivity contribution in [1.82, 2.24) is 0 Å². The smallest absolute Gasteiger partial charge is 0.377 e. The van der Waals surface area contributed by atoms with Gasteiger partial charge in [-0.2, -0.15) is 0 Å². The Morgan fingerprint density at radius 1 is 1.25 bits per heavy atom. The number of hydrogen-bond donors (Lipinski definition) is 1. The maximum Gasteiger partial charge on any atom is 0.377 e. The molecular weight excluding hydrogens is 224 g/mol. The van der Waals surface area contributed by atoms with Gasteiger partial charge >= 0.3 is 5.97 Å². The van der Waals surface area contributed by atoms with Gasteiger partial charge in [0.25, 0.3) is 5.78 Å². The lowest BCUT2D eigenvalue weighted by atomic mass is 10.1. The van der Waals surface area contributed by atoms with E-state index in [0.717, 1.165) is 10.1 Å². The standard InChI is InChI=1S/C12H10O3S/c1-6-7(2)16-10-5-8(3-4-9(6)10)11(13)12(14)15/h3-5H,1-2H3,(H,14,15). The summed E-state index contributed by atoms with van der Waals surface area (Å²) < 4.78 is 0.960. The number of hydrogen-bond acceptors (Lipinski definition) is 3. The molecule has 0 aliphatic carbocycles. The molecule has 0 fully saturated rings. The van der Waals surface area contributed by atoms with Crippen LogP contribution in [0.4, 0.5) is 0 Å². The molecule has 2 aromatic rings. The number of fused-ring (bicyclic) bond motifs is 1. The molecule has 0 unspecified atom stereocenters. The van der Waals surface area contributed by atoms with Crippen LogP contribution in [0.5, 0.6) is 0 Å². The van der Waals surface area contributed by atoms with E-state index >= 15 is 0 Å². The first kappa shape index (κ1) is 10.8. The number of benzene rings is 1. The van der Waals surface area contributed by atoms with Gasteiger partial charge in [0.05, 0.1) is 0 Å². The van der Waals surface area contributed by atoms with Crippen LogP contribution in [0.2, 0.25) is 0 Å². The topological polar surface area (TPSA) is 54.4 Å². The number of Topliss-reactive ketones (excluding diaryl/α,β-unsaturated/α-hetero) is 1. The summed E-state index contributed by atoms with van der Waals surface area (Å²) in [7, 11) is 0. The van der Waals surface area contributed by atoms with E-state index in [1.165, 1.54) is 10.4 Å². The number of ketones is 1. The van der Waals surface area contributed by atoms with Crippen LogP contribution in [-0.2, 0) is 4.79 Å². The molecule has 0 bridgehead atoms. The molecule has 1 heterocycles. The molecular formula is C12H10O3S. The zero-order chi connectivity index (χ0) is 11.9. The molecule has 0 aliphatic heterocycles. The zero-order valence-electron chi connectivity index (χ0n) is 8.90. The maximum absolute atomic E-state index is 11.3. The molecule has 0 atom stereocenters. The van der Waals surface area contributed by atoms with Gasteiger partial charge in [0.2, 0.25) is 0 Å². The van der Waals surface area contributed by atoms with Gasteiger partial charge < -0.3 is 5.11 Å². The van der Waals surface area contributed by atoms with E-state index in [0.29, 0.717) is 0 Å². The Morgan fingerprint density at radius 2 is 1.94 bits per heavy atom. The number of carbonyl (C=O) groups excluding carboxylic acids is 1. The van der Waals surface area contributed by atoms with Gasteiger partial charge in [-0.1, -0.05) is 12.1 Å². The van der Waals surface area contributed by atoms with Crippen molar-refractivity contribution in [3.63, 3.8) is 0 Å². The average Bonchev–Trinajstić information content (AvgIpc) is 2.53. The first-order valence-corrected chi connectivity index (χ1v) is 5.59. The molecule has 4 heteroatoms. The number of carbonyl (C=O) groups is 2. The summed E-state index contributed by atoms with van der Waals surface area (Å²) in [4.78, 5) is 23.0. The van der Waals surface area contributed by atoms with Gasteiger partial charge in [-0.05, 0) is 30.9 Å². The number of thiophene rings is 1. The summed E-state index contributed by atoms with van der Waals surface area (Å²) in [6.45, 7) is 4.03. The van der Waals surface area contributed by atoms with E-state index in [-0.39, 0.29) is 5.56 Å². The van der Waals surface area contributed by atoms with Crippen LogP contribution in [0.1, 0.15) is 20.8 Å². The predicted molar refractivity (Wildman–Crippen MR) is 63.3 cm³/mol. The van der Waals surface area contributed by atoms with Crippen molar-refractivity contribution in [2.24, 2.45) is 0 Å². The minimum atomic E-state index is -1.41. The second-order valence-electron chi connectivity index (χ2n) is 3.63. The third-order valence-electron chi connectivity index (χ3n) is 2.63. The summed E-state index contributed by atoms with van der Waals surface area (Å²) >= 11 is 1.58. The third-order valence-corrected chi connectivity index (χ3v) is 3.80. The van der Waals surface area contributed by atoms with Crippen molar-refractivity contribution < 1.29 is 14.7 Å². The Morgan fingerprint density at radius 3 is 2.56 bits per heavy atom. The molecule has 1 aromatic carbocycles. The molecule has 0 saturated heterocycles. The van der Waals surface area contributed by atoms with Crippen molar-refractivity contribution >= 4 is 33.2 Å². The minimum Gasteiger partial charge on any atom is -0.475 e.